The van der Waals surface area contributed by atoms with Crippen molar-refractivity contribution in [3.8, 4) is 0 Å². The molecule has 0 bridgehead atoms. The van der Waals surface area contributed by atoms with Crippen LogP contribution in [0.5, 0.6) is 0 Å². The fourth-order valence-corrected chi connectivity index (χ4v) is 2.14. The van der Waals surface area contributed by atoms with Crippen LogP contribution < -0.4 is 16.6 Å². The highest BCUT2D eigenvalue weighted by atomic mass is 15.3. The number of aromatic nitrogens is 2. The lowest BCUT2D eigenvalue weighted by Crippen LogP contribution is -2.37. The number of nitrogens with zero attached hydrogens (tertiary/aromatic N) is 3. The van der Waals surface area contributed by atoms with Gasteiger partial charge in [-0.15, -0.1) is 0 Å². The summed E-state index contributed by atoms with van der Waals surface area (Å²) in [6.45, 7) is 7.52. The molecule has 0 saturated carbocycles. The fourth-order valence-electron chi connectivity index (χ4n) is 2.14. The Morgan fingerprint density at radius 3 is 2.40 bits per heavy atom. The van der Waals surface area contributed by atoms with Gasteiger partial charge in [0.25, 0.3) is 0 Å². The summed E-state index contributed by atoms with van der Waals surface area (Å²) in [7, 11) is 4.16. The Balaban J connectivity index is 2.99. The van der Waals surface area contributed by atoms with Gasteiger partial charge in [0, 0.05) is 18.2 Å². The van der Waals surface area contributed by atoms with Crippen molar-refractivity contribution in [2.45, 2.75) is 39.7 Å². The molecule has 114 valence electrons. The molecule has 0 saturated heterocycles. The maximum Gasteiger partial charge on any atom is 0.148 e. The molecule has 1 heterocycles. The van der Waals surface area contributed by atoms with Gasteiger partial charge in [-0.1, -0.05) is 27.2 Å². The number of hydrogen-bond acceptors (Lipinski definition) is 6. The summed E-state index contributed by atoms with van der Waals surface area (Å²) >= 11 is 0. The third kappa shape index (κ3) is 4.61. The Kier molecular flexibility index (Phi) is 6.67. The lowest BCUT2D eigenvalue weighted by molar-refractivity contribution is 0.344. The van der Waals surface area contributed by atoms with E-state index in [9.17, 15) is 0 Å². The van der Waals surface area contributed by atoms with Gasteiger partial charge in [-0.05, 0) is 26.4 Å². The van der Waals surface area contributed by atoms with Crippen molar-refractivity contribution < 1.29 is 0 Å². The predicted molar refractivity (Wildman–Crippen MR) is 84.6 cm³/mol. The Morgan fingerprint density at radius 2 is 1.90 bits per heavy atom. The first-order chi connectivity index (χ1) is 9.49. The molecule has 0 spiro atoms. The van der Waals surface area contributed by atoms with Crippen molar-refractivity contribution in [1.82, 2.24) is 14.9 Å². The molecule has 0 aliphatic heterocycles. The molecular formula is C14H28N6. The first kappa shape index (κ1) is 16.7. The minimum absolute atomic E-state index is 0.334. The quantitative estimate of drug-likeness (QED) is 0.497. The summed E-state index contributed by atoms with van der Waals surface area (Å²) in [5.74, 6) is 7.65. The molecule has 6 heteroatoms. The third-order valence-electron chi connectivity index (χ3n) is 3.27. The third-order valence-corrected chi connectivity index (χ3v) is 3.27. The fraction of sp³-hybridized carbons (Fsp3) is 0.714. The summed E-state index contributed by atoms with van der Waals surface area (Å²) in [6, 6.07) is 0.334. The van der Waals surface area contributed by atoms with E-state index in [-0.39, 0.29) is 0 Å². The van der Waals surface area contributed by atoms with Gasteiger partial charge < -0.3 is 15.6 Å². The molecule has 1 atom stereocenters. The Bertz CT molecular complexity index is 405. The molecule has 1 unspecified atom stereocenters. The summed E-state index contributed by atoms with van der Waals surface area (Å²) in [6.07, 6.45) is 3.47. The van der Waals surface area contributed by atoms with Crippen molar-refractivity contribution in [2.75, 3.05) is 31.4 Å². The van der Waals surface area contributed by atoms with Crippen molar-refractivity contribution in [3.63, 3.8) is 0 Å². The van der Waals surface area contributed by atoms with Crippen molar-refractivity contribution in [1.29, 1.82) is 0 Å². The summed E-state index contributed by atoms with van der Waals surface area (Å²) < 4.78 is 0. The Morgan fingerprint density at radius 1 is 1.25 bits per heavy atom. The number of nitrogen functional groups attached to an aromatic ring is 1. The van der Waals surface area contributed by atoms with Crippen LogP contribution in [0.15, 0.2) is 6.33 Å². The molecule has 0 fully saturated rings. The van der Waals surface area contributed by atoms with Crippen LogP contribution in [0.1, 0.15) is 32.8 Å². The molecule has 20 heavy (non-hydrogen) atoms. The highest BCUT2D eigenvalue weighted by molar-refractivity contribution is 5.57. The standard InChI is InChI=1S/C14H28N6/c1-6-7-11-13(16-9-17-14(11)19-15)18-12(10(2)3)8-20(4)5/h9-10,12H,6-8,15H2,1-5H3,(H2,16,17,18,19). The highest BCUT2D eigenvalue weighted by Gasteiger charge is 2.18. The van der Waals surface area contributed by atoms with Gasteiger partial charge in [-0.25, -0.2) is 15.8 Å². The summed E-state index contributed by atoms with van der Waals surface area (Å²) in [4.78, 5) is 10.8. The molecule has 0 aliphatic carbocycles. The van der Waals surface area contributed by atoms with E-state index < -0.39 is 0 Å². The summed E-state index contributed by atoms with van der Waals surface area (Å²) in [5, 5.41) is 3.55. The Labute approximate surface area is 122 Å². The van der Waals surface area contributed by atoms with Gasteiger partial charge in [0.2, 0.25) is 0 Å². The molecular weight excluding hydrogens is 252 g/mol. The van der Waals surface area contributed by atoms with E-state index >= 15 is 0 Å². The zero-order valence-electron chi connectivity index (χ0n) is 13.3. The molecule has 1 rings (SSSR count). The van der Waals surface area contributed by atoms with Crippen molar-refractivity contribution in [3.05, 3.63) is 11.9 Å². The van der Waals surface area contributed by atoms with Crippen molar-refractivity contribution in [2.24, 2.45) is 11.8 Å². The predicted octanol–water partition coefficient (Wildman–Crippen LogP) is 1.71. The number of nitrogens with two attached hydrogens (primary N) is 1. The molecule has 0 radical (unpaired) electrons. The summed E-state index contributed by atoms with van der Waals surface area (Å²) in [5.41, 5.74) is 3.72. The molecule has 4 N–H and O–H groups in total. The van der Waals surface area contributed by atoms with Gasteiger partial charge in [0.05, 0.1) is 0 Å². The van der Waals surface area contributed by atoms with E-state index in [2.05, 4.69) is 60.5 Å². The normalized spacial score (nSPS) is 12.8. The van der Waals surface area contributed by atoms with Crippen LogP contribution in [0.2, 0.25) is 0 Å². The van der Waals surface area contributed by atoms with Crippen LogP contribution in [0.25, 0.3) is 0 Å². The van der Waals surface area contributed by atoms with Gasteiger partial charge in [0.15, 0.2) is 0 Å². The maximum absolute atomic E-state index is 5.54. The monoisotopic (exact) mass is 280 g/mol. The van der Waals surface area contributed by atoms with Crippen LogP contribution in [0.4, 0.5) is 11.6 Å². The minimum atomic E-state index is 0.334. The first-order valence-electron chi connectivity index (χ1n) is 7.21. The molecule has 0 aromatic carbocycles. The second-order valence-corrected chi connectivity index (χ2v) is 5.70. The van der Waals surface area contributed by atoms with E-state index in [1.165, 1.54) is 0 Å². The molecule has 1 aromatic heterocycles. The van der Waals surface area contributed by atoms with Gasteiger partial charge in [0.1, 0.15) is 18.0 Å². The molecule has 0 aliphatic rings. The van der Waals surface area contributed by atoms with E-state index in [1.807, 2.05) is 0 Å². The second-order valence-electron chi connectivity index (χ2n) is 5.70. The van der Waals surface area contributed by atoms with Crippen molar-refractivity contribution >= 4 is 11.6 Å². The maximum atomic E-state index is 5.54. The number of hydrogen-bond donors (Lipinski definition) is 3. The second kappa shape index (κ2) is 8.01. The van der Waals surface area contributed by atoms with Crippen LogP contribution in [-0.4, -0.2) is 41.5 Å². The zero-order chi connectivity index (χ0) is 15.1. The average molecular weight is 280 g/mol. The van der Waals surface area contributed by atoms with E-state index in [1.54, 1.807) is 6.33 Å². The number of likely N-dealkylation sites (N-methyl/N-ethyl adjacent to an activating group) is 1. The lowest BCUT2D eigenvalue weighted by atomic mass is 10.0. The molecule has 1 aromatic rings. The first-order valence-corrected chi connectivity index (χ1v) is 7.21. The zero-order valence-corrected chi connectivity index (χ0v) is 13.3. The van der Waals surface area contributed by atoms with Gasteiger partial charge in [-0.2, -0.15) is 0 Å². The number of anilines is 2. The average Bonchev–Trinajstić information content (AvgIpc) is 2.39. The smallest absolute Gasteiger partial charge is 0.148 e. The van der Waals surface area contributed by atoms with E-state index in [4.69, 9.17) is 5.84 Å². The number of rotatable bonds is 8. The molecule has 6 nitrogen and oxygen atoms in total. The van der Waals surface area contributed by atoms with Crippen LogP contribution in [0, 0.1) is 5.92 Å². The highest BCUT2D eigenvalue weighted by Crippen LogP contribution is 2.22. The van der Waals surface area contributed by atoms with Gasteiger partial charge in [-0.3, -0.25) is 0 Å². The number of hydrazine groups is 1. The minimum Gasteiger partial charge on any atom is -0.365 e. The largest absolute Gasteiger partial charge is 0.365 e. The Hall–Kier alpha value is -1.40. The lowest BCUT2D eigenvalue weighted by Gasteiger charge is -2.27. The van der Waals surface area contributed by atoms with E-state index in [0.29, 0.717) is 17.8 Å². The van der Waals surface area contributed by atoms with E-state index in [0.717, 1.165) is 30.8 Å². The number of nitrogens with one attached hydrogen (secondary N) is 2. The molecule has 0 amide bonds. The topological polar surface area (TPSA) is 79.1 Å². The van der Waals surface area contributed by atoms with Crippen LogP contribution in [-0.2, 0) is 6.42 Å². The van der Waals surface area contributed by atoms with Gasteiger partial charge >= 0.3 is 0 Å². The SMILES string of the molecule is CCCc1c(NN)ncnc1NC(CN(C)C)C(C)C. The van der Waals surface area contributed by atoms with Crippen LogP contribution in [0.3, 0.4) is 0 Å². The van der Waals surface area contributed by atoms with Crippen LogP contribution >= 0.6 is 0 Å².